The molecule has 0 fully saturated rings. The van der Waals surface area contributed by atoms with E-state index in [1.165, 1.54) is 70.6 Å². The Hall–Kier alpha value is 0. The second-order valence-corrected chi connectivity index (χ2v) is 5.13. The van der Waals surface area contributed by atoms with Crippen molar-refractivity contribution in [1.82, 2.24) is 0 Å². The van der Waals surface area contributed by atoms with Crippen LogP contribution >= 0.6 is 0 Å². The Morgan fingerprint density at radius 3 is 1.60 bits per heavy atom. The Labute approximate surface area is 97.8 Å². The molecule has 15 heavy (non-hydrogen) atoms. The lowest BCUT2D eigenvalue weighted by Crippen LogP contribution is -1.91. The standard InChI is InChI=1S/C15H32/c1-4-6-7-8-9-10-11-12-13-14-15(3)5-2/h15H,4-14H2,1-3H3. The molecular formula is C15H32. The molecule has 1 unspecified atom stereocenters. The summed E-state index contributed by atoms with van der Waals surface area (Å²) in [4.78, 5) is 0. The van der Waals surface area contributed by atoms with Crippen LogP contribution in [0.3, 0.4) is 0 Å². The summed E-state index contributed by atoms with van der Waals surface area (Å²) in [6.45, 7) is 6.97. The zero-order valence-corrected chi connectivity index (χ0v) is 11.4. The molecule has 0 aromatic carbocycles. The average molecular weight is 212 g/mol. The van der Waals surface area contributed by atoms with Crippen LogP contribution in [0.15, 0.2) is 0 Å². The van der Waals surface area contributed by atoms with Gasteiger partial charge < -0.3 is 0 Å². The molecule has 92 valence electrons. The van der Waals surface area contributed by atoms with Crippen molar-refractivity contribution in [2.45, 2.75) is 91.4 Å². The first-order valence-electron chi connectivity index (χ1n) is 7.31. The van der Waals surface area contributed by atoms with Crippen molar-refractivity contribution in [3.63, 3.8) is 0 Å². The summed E-state index contributed by atoms with van der Waals surface area (Å²) < 4.78 is 0. The average Bonchev–Trinajstić information content (AvgIpc) is 2.26. The van der Waals surface area contributed by atoms with Gasteiger partial charge in [-0.2, -0.15) is 0 Å². The summed E-state index contributed by atoms with van der Waals surface area (Å²) in [7, 11) is 0. The predicted molar refractivity (Wildman–Crippen MR) is 71.3 cm³/mol. The zero-order valence-electron chi connectivity index (χ0n) is 11.4. The van der Waals surface area contributed by atoms with E-state index in [-0.39, 0.29) is 0 Å². The molecule has 0 amide bonds. The Morgan fingerprint density at radius 1 is 0.667 bits per heavy atom. The highest BCUT2D eigenvalue weighted by Gasteiger charge is 1.97. The van der Waals surface area contributed by atoms with Gasteiger partial charge in [0.15, 0.2) is 0 Å². The first kappa shape index (κ1) is 15.0. The molecule has 0 aromatic heterocycles. The van der Waals surface area contributed by atoms with Crippen molar-refractivity contribution in [3.8, 4) is 0 Å². The molecule has 0 saturated carbocycles. The maximum atomic E-state index is 2.38. The third-order valence-electron chi connectivity index (χ3n) is 3.50. The third-order valence-corrected chi connectivity index (χ3v) is 3.50. The summed E-state index contributed by atoms with van der Waals surface area (Å²) in [6.07, 6.45) is 15.9. The molecule has 0 spiro atoms. The van der Waals surface area contributed by atoms with Crippen LogP contribution in [0.4, 0.5) is 0 Å². The number of hydrogen-bond donors (Lipinski definition) is 0. The highest BCUT2D eigenvalue weighted by atomic mass is 14.0. The van der Waals surface area contributed by atoms with E-state index in [1.54, 1.807) is 0 Å². The molecule has 0 bridgehead atoms. The molecule has 1 atom stereocenters. The molecule has 0 rings (SSSR count). The van der Waals surface area contributed by atoms with Crippen molar-refractivity contribution in [3.05, 3.63) is 0 Å². The normalized spacial score (nSPS) is 13.0. The van der Waals surface area contributed by atoms with E-state index in [2.05, 4.69) is 20.8 Å². The Morgan fingerprint density at radius 2 is 1.13 bits per heavy atom. The van der Waals surface area contributed by atoms with Gasteiger partial charge in [-0.15, -0.1) is 0 Å². The Kier molecular flexibility index (Phi) is 12.1. The van der Waals surface area contributed by atoms with Crippen molar-refractivity contribution < 1.29 is 0 Å². The van der Waals surface area contributed by atoms with Crippen LogP contribution in [0.25, 0.3) is 0 Å². The molecule has 0 radical (unpaired) electrons. The highest BCUT2D eigenvalue weighted by Crippen LogP contribution is 2.14. The van der Waals surface area contributed by atoms with E-state index >= 15 is 0 Å². The van der Waals surface area contributed by atoms with Gasteiger partial charge in [0.1, 0.15) is 0 Å². The molecule has 0 nitrogen and oxygen atoms in total. The first-order chi connectivity index (χ1) is 7.31. The lowest BCUT2D eigenvalue weighted by atomic mass is 9.99. The molecule has 0 heteroatoms. The minimum absolute atomic E-state index is 0.953. The van der Waals surface area contributed by atoms with Crippen LogP contribution in [-0.4, -0.2) is 0 Å². The van der Waals surface area contributed by atoms with Crippen molar-refractivity contribution in [2.75, 3.05) is 0 Å². The second kappa shape index (κ2) is 12.1. The van der Waals surface area contributed by atoms with E-state index in [9.17, 15) is 0 Å². The van der Waals surface area contributed by atoms with Gasteiger partial charge in [-0.3, -0.25) is 0 Å². The molecule has 0 saturated heterocycles. The van der Waals surface area contributed by atoms with E-state index in [0.29, 0.717) is 0 Å². The zero-order chi connectivity index (χ0) is 11.4. The van der Waals surface area contributed by atoms with Crippen molar-refractivity contribution in [2.24, 2.45) is 5.92 Å². The van der Waals surface area contributed by atoms with Crippen LogP contribution in [0.1, 0.15) is 91.4 Å². The van der Waals surface area contributed by atoms with E-state index < -0.39 is 0 Å². The van der Waals surface area contributed by atoms with Gasteiger partial charge in [-0.25, -0.2) is 0 Å². The van der Waals surface area contributed by atoms with Gasteiger partial charge in [0.05, 0.1) is 0 Å². The first-order valence-corrected chi connectivity index (χ1v) is 7.31. The van der Waals surface area contributed by atoms with Crippen LogP contribution in [-0.2, 0) is 0 Å². The topological polar surface area (TPSA) is 0 Å². The monoisotopic (exact) mass is 212 g/mol. The summed E-state index contributed by atoms with van der Waals surface area (Å²) in [5.41, 5.74) is 0. The SMILES string of the molecule is CCCCCCCCCCCC(C)CC. The quantitative estimate of drug-likeness (QED) is 0.371. The lowest BCUT2D eigenvalue weighted by Gasteiger charge is -2.07. The van der Waals surface area contributed by atoms with Gasteiger partial charge in [-0.05, 0) is 5.92 Å². The van der Waals surface area contributed by atoms with Crippen molar-refractivity contribution >= 4 is 0 Å². The molecule has 0 aromatic rings. The van der Waals surface area contributed by atoms with Crippen LogP contribution in [0.2, 0.25) is 0 Å². The predicted octanol–water partition coefficient (Wildman–Crippen LogP) is 5.95. The summed E-state index contributed by atoms with van der Waals surface area (Å²) in [5, 5.41) is 0. The van der Waals surface area contributed by atoms with Gasteiger partial charge in [-0.1, -0.05) is 91.4 Å². The summed E-state index contributed by atoms with van der Waals surface area (Å²) in [6, 6.07) is 0. The molecule has 0 aliphatic heterocycles. The fourth-order valence-electron chi connectivity index (χ4n) is 2.01. The lowest BCUT2D eigenvalue weighted by molar-refractivity contribution is 0.469. The van der Waals surface area contributed by atoms with Crippen LogP contribution < -0.4 is 0 Å². The largest absolute Gasteiger partial charge is 0.0654 e. The van der Waals surface area contributed by atoms with Crippen LogP contribution in [0, 0.1) is 5.92 Å². The Balaban J connectivity index is 2.92. The van der Waals surface area contributed by atoms with Gasteiger partial charge in [0, 0.05) is 0 Å². The third kappa shape index (κ3) is 11.9. The number of rotatable bonds is 11. The van der Waals surface area contributed by atoms with Crippen LogP contribution in [0.5, 0.6) is 0 Å². The molecular weight excluding hydrogens is 180 g/mol. The number of hydrogen-bond acceptors (Lipinski definition) is 0. The summed E-state index contributed by atoms with van der Waals surface area (Å²) >= 11 is 0. The minimum Gasteiger partial charge on any atom is -0.0654 e. The van der Waals surface area contributed by atoms with Gasteiger partial charge in [0.2, 0.25) is 0 Å². The second-order valence-electron chi connectivity index (χ2n) is 5.13. The van der Waals surface area contributed by atoms with E-state index in [1.807, 2.05) is 0 Å². The fourth-order valence-corrected chi connectivity index (χ4v) is 2.01. The summed E-state index contributed by atoms with van der Waals surface area (Å²) in [5.74, 6) is 0.953. The molecule has 0 heterocycles. The molecule has 0 N–H and O–H groups in total. The fraction of sp³-hybridized carbons (Fsp3) is 1.00. The molecule has 0 aliphatic carbocycles. The van der Waals surface area contributed by atoms with E-state index in [4.69, 9.17) is 0 Å². The van der Waals surface area contributed by atoms with Gasteiger partial charge >= 0.3 is 0 Å². The maximum Gasteiger partial charge on any atom is -0.0445 e. The molecule has 0 aliphatic rings. The Bertz CT molecular complexity index is 107. The highest BCUT2D eigenvalue weighted by molar-refractivity contribution is 4.51. The van der Waals surface area contributed by atoms with Crippen molar-refractivity contribution in [1.29, 1.82) is 0 Å². The van der Waals surface area contributed by atoms with Gasteiger partial charge in [0.25, 0.3) is 0 Å². The minimum atomic E-state index is 0.953. The van der Waals surface area contributed by atoms with E-state index in [0.717, 1.165) is 5.92 Å². The smallest absolute Gasteiger partial charge is 0.0445 e. The number of unbranched alkanes of at least 4 members (excludes halogenated alkanes) is 8. The maximum absolute atomic E-state index is 2.38.